The lowest BCUT2D eigenvalue weighted by Gasteiger charge is -2.13. The zero-order valence-corrected chi connectivity index (χ0v) is 17.4. The Morgan fingerprint density at radius 1 is 1.10 bits per heavy atom. The zero-order chi connectivity index (χ0) is 21.1. The highest BCUT2D eigenvalue weighted by Gasteiger charge is 2.13. The Hall–Kier alpha value is -2.90. The van der Waals surface area contributed by atoms with Crippen LogP contribution < -0.4 is 11.2 Å². The van der Waals surface area contributed by atoms with Gasteiger partial charge in [0, 0.05) is 30.4 Å². The van der Waals surface area contributed by atoms with Gasteiger partial charge in [-0.1, -0.05) is 43.0 Å². The fourth-order valence-electron chi connectivity index (χ4n) is 3.44. The Labute approximate surface area is 177 Å². The van der Waals surface area contributed by atoms with E-state index < -0.39 is 5.63 Å². The lowest BCUT2D eigenvalue weighted by molar-refractivity contribution is 0.276. The van der Waals surface area contributed by atoms with Gasteiger partial charge in [-0.3, -0.25) is 9.36 Å². The summed E-state index contributed by atoms with van der Waals surface area (Å²) in [5.41, 5.74) is 2.63. The van der Waals surface area contributed by atoms with Gasteiger partial charge in [-0.05, 0) is 42.2 Å². The maximum Gasteiger partial charge on any atom is 0.336 e. The van der Waals surface area contributed by atoms with Gasteiger partial charge in [0.15, 0.2) is 5.16 Å². The van der Waals surface area contributed by atoms with Crippen molar-refractivity contribution in [3.05, 3.63) is 80.4 Å². The number of para-hydroxylation sites is 1. The molecule has 4 rings (SSSR count). The molecule has 0 amide bonds. The summed E-state index contributed by atoms with van der Waals surface area (Å²) in [6.45, 7) is 2.43. The molecule has 4 aromatic rings. The number of aliphatic hydroxyl groups excluding tert-OH is 1. The quantitative estimate of drug-likeness (QED) is 0.277. The molecule has 2 heterocycles. The van der Waals surface area contributed by atoms with Gasteiger partial charge in [-0.25, -0.2) is 9.78 Å². The molecule has 0 aliphatic rings. The van der Waals surface area contributed by atoms with E-state index in [2.05, 4.69) is 11.9 Å². The van der Waals surface area contributed by atoms with Crippen molar-refractivity contribution in [3.8, 4) is 0 Å². The molecule has 0 unspecified atom stereocenters. The number of fused-ring (bicyclic) bond motifs is 2. The van der Waals surface area contributed by atoms with E-state index in [-0.39, 0.29) is 12.2 Å². The monoisotopic (exact) mass is 422 g/mol. The maximum absolute atomic E-state index is 13.0. The van der Waals surface area contributed by atoms with E-state index in [1.807, 2.05) is 36.4 Å². The lowest BCUT2D eigenvalue weighted by Crippen LogP contribution is -2.24. The number of aliphatic hydroxyl groups is 1. The molecule has 0 spiro atoms. The zero-order valence-electron chi connectivity index (χ0n) is 16.6. The molecular formula is C23H22N2O4S. The molecular weight excluding hydrogens is 400 g/mol. The highest BCUT2D eigenvalue weighted by molar-refractivity contribution is 7.98. The first-order valence-corrected chi connectivity index (χ1v) is 10.9. The summed E-state index contributed by atoms with van der Waals surface area (Å²) in [6.07, 6.45) is 1.32. The van der Waals surface area contributed by atoms with Gasteiger partial charge in [0.05, 0.1) is 10.9 Å². The second-order valence-electron chi connectivity index (χ2n) is 7.01. The molecule has 6 nitrogen and oxygen atoms in total. The van der Waals surface area contributed by atoms with Crippen molar-refractivity contribution in [1.29, 1.82) is 0 Å². The Kier molecular flexibility index (Phi) is 6.01. The van der Waals surface area contributed by atoms with Gasteiger partial charge in [-0.2, -0.15) is 0 Å². The number of thioether (sulfide) groups is 1. The van der Waals surface area contributed by atoms with Crippen molar-refractivity contribution in [3.63, 3.8) is 0 Å². The van der Waals surface area contributed by atoms with Crippen molar-refractivity contribution in [2.45, 2.75) is 37.2 Å². The largest absolute Gasteiger partial charge is 0.423 e. The van der Waals surface area contributed by atoms with E-state index in [9.17, 15) is 14.7 Å². The van der Waals surface area contributed by atoms with Gasteiger partial charge in [-0.15, -0.1) is 0 Å². The second-order valence-corrected chi connectivity index (χ2v) is 7.95. The molecule has 0 saturated heterocycles. The molecule has 0 fully saturated rings. The summed E-state index contributed by atoms with van der Waals surface area (Å²) >= 11 is 1.40. The highest BCUT2D eigenvalue weighted by Crippen LogP contribution is 2.27. The van der Waals surface area contributed by atoms with Crippen LogP contribution >= 0.6 is 11.8 Å². The predicted octanol–water partition coefficient (Wildman–Crippen LogP) is 3.74. The summed E-state index contributed by atoms with van der Waals surface area (Å²) in [5.74, 6) is 0.470. The minimum atomic E-state index is -0.393. The average Bonchev–Trinajstić information content (AvgIpc) is 2.76. The average molecular weight is 423 g/mol. The number of nitrogens with zero attached hydrogens (tertiary/aromatic N) is 2. The molecule has 0 bridgehead atoms. The summed E-state index contributed by atoms with van der Waals surface area (Å²) in [5, 5.41) is 11.2. The summed E-state index contributed by atoms with van der Waals surface area (Å²) in [6, 6.07) is 14.6. The number of benzene rings is 2. The van der Waals surface area contributed by atoms with E-state index in [0.29, 0.717) is 40.4 Å². The van der Waals surface area contributed by atoms with Gasteiger partial charge in [0.1, 0.15) is 5.58 Å². The van der Waals surface area contributed by atoms with Crippen LogP contribution in [-0.2, 0) is 18.7 Å². The summed E-state index contributed by atoms with van der Waals surface area (Å²) in [7, 11) is 0. The third-order valence-electron chi connectivity index (χ3n) is 5.03. The molecule has 154 valence electrons. The molecule has 0 atom stereocenters. The fraction of sp³-hybridized carbons (Fsp3) is 0.261. The Balaban J connectivity index is 1.74. The summed E-state index contributed by atoms with van der Waals surface area (Å²) in [4.78, 5) is 29.7. The highest BCUT2D eigenvalue weighted by atomic mass is 32.2. The van der Waals surface area contributed by atoms with Crippen LogP contribution in [-0.4, -0.2) is 21.3 Å². The first-order chi connectivity index (χ1) is 14.6. The summed E-state index contributed by atoms with van der Waals surface area (Å²) < 4.78 is 6.99. The first-order valence-electron chi connectivity index (χ1n) is 9.89. The van der Waals surface area contributed by atoms with E-state index in [4.69, 9.17) is 4.42 Å². The van der Waals surface area contributed by atoms with Crippen molar-refractivity contribution in [2.75, 3.05) is 6.61 Å². The van der Waals surface area contributed by atoms with Crippen LogP contribution in [0.15, 0.2) is 67.7 Å². The Morgan fingerprint density at radius 2 is 1.93 bits per heavy atom. The Bertz CT molecular complexity index is 1330. The molecule has 30 heavy (non-hydrogen) atoms. The van der Waals surface area contributed by atoms with Crippen molar-refractivity contribution in [2.24, 2.45) is 0 Å². The topological polar surface area (TPSA) is 85.3 Å². The van der Waals surface area contributed by atoms with Gasteiger partial charge >= 0.3 is 5.63 Å². The number of hydrogen-bond acceptors (Lipinski definition) is 6. The fourth-order valence-corrected chi connectivity index (χ4v) is 4.46. The Morgan fingerprint density at radius 3 is 2.73 bits per heavy atom. The van der Waals surface area contributed by atoms with Crippen LogP contribution in [0.2, 0.25) is 0 Å². The minimum Gasteiger partial charge on any atom is -0.423 e. The van der Waals surface area contributed by atoms with Crippen LogP contribution in [0.25, 0.3) is 21.9 Å². The molecule has 0 aliphatic heterocycles. The van der Waals surface area contributed by atoms with Crippen LogP contribution in [0.4, 0.5) is 0 Å². The predicted molar refractivity (Wildman–Crippen MR) is 119 cm³/mol. The van der Waals surface area contributed by atoms with Crippen LogP contribution in [0.1, 0.15) is 24.5 Å². The molecule has 7 heteroatoms. The van der Waals surface area contributed by atoms with Crippen molar-refractivity contribution >= 4 is 33.6 Å². The SMILES string of the molecule is CCc1ccc2c(CSc3nc4ccccc4c(=O)n3CCCO)cc(=O)oc2c1. The van der Waals surface area contributed by atoms with E-state index in [1.54, 1.807) is 10.6 Å². The molecule has 0 aliphatic carbocycles. The van der Waals surface area contributed by atoms with Crippen molar-refractivity contribution in [1.82, 2.24) is 9.55 Å². The van der Waals surface area contributed by atoms with Gasteiger partial charge in [0.2, 0.25) is 0 Å². The minimum absolute atomic E-state index is 0.00644. The van der Waals surface area contributed by atoms with Crippen LogP contribution in [0.5, 0.6) is 0 Å². The first kappa shape index (κ1) is 20.4. The van der Waals surface area contributed by atoms with E-state index >= 15 is 0 Å². The number of aryl methyl sites for hydroxylation is 1. The molecule has 2 aromatic heterocycles. The smallest absolute Gasteiger partial charge is 0.336 e. The molecule has 0 saturated carbocycles. The van der Waals surface area contributed by atoms with Gasteiger partial charge in [0.25, 0.3) is 5.56 Å². The van der Waals surface area contributed by atoms with Crippen LogP contribution in [0, 0.1) is 0 Å². The normalized spacial score (nSPS) is 11.4. The van der Waals surface area contributed by atoms with E-state index in [1.165, 1.54) is 17.8 Å². The number of hydrogen-bond donors (Lipinski definition) is 1. The maximum atomic E-state index is 13.0. The van der Waals surface area contributed by atoms with Crippen molar-refractivity contribution < 1.29 is 9.52 Å². The third-order valence-corrected chi connectivity index (χ3v) is 6.05. The number of aromatic nitrogens is 2. The van der Waals surface area contributed by atoms with E-state index in [0.717, 1.165) is 22.9 Å². The lowest BCUT2D eigenvalue weighted by atomic mass is 10.1. The second kappa shape index (κ2) is 8.85. The van der Waals surface area contributed by atoms with Crippen LogP contribution in [0.3, 0.4) is 0 Å². The number of rotatable bonds is 7. The molecule has 1 N–H and O–H groups in total. The standard InChI is InChI=1S/C23H22N2O4S/c1-2-15-8-9-17-16(13-21(27)29-20(17)12-15)14-30-23-24-19-7-4-3-6-18(19)22(28)25(23)10-5-11-26/h3-4,6-9,12-13,26H,2,5,10-11,14H2,1H3. The van der Waals surface area contributed by atoms with Gasteiger partial charge < -0.3 is 9.52 Å². The molecule has 2 aromatic carbocycles. The molecule has 0 radical (unpaired) electrons. The third kappa shape index (κ3) is 4.04.